The maximum atomic E-state index is 12.8. The van der Waals surface area contributed by atoms with Crippen LogP contribution in [0.1, 0.15) is 38.7 Å². The van der Waals surface area contributed by atoms with Crippen molar-refractivity contribution in [3.8, 4) is 5.75 Å². The molecular weight excluding hydrogens is 384 g/mol. The number of aryl methyl sites for hydroxylation is 1. The van der Waals surface area contributed by atoms with E-state index in [1.54, 1.807) is 43.0 Å². The van der Waals surface area contributed by atoms with E-state index in [1.807, 2.05) is 13.0 Å². The number of piperidine rings is 1. The van der Waals surface area contributed by atoms with E-state index in [-0.39, 0.29) is 11.8 Å². The third-order valence-corrected chi connectivity index (χ3v) is 5.73. The van der Waals surface area contributed by atoms with Crippen LogP contribution < -0.4 is 10.4 Å². The van der Waals surface area contributed by atoms with Gasteiger partial charge in [0.25, 0.3) is 5.91 Å². The molecule has 1 fully saturated rings. The molecule has 2 aromatic rings. The molecule has 0 spiro atoms. The summed E-state index contributed by atoms with van der Waals surface area (Å²) in [6.07, 6.45) is 2.25. The Bertz CT molecular complexity index is 973. The average Bonchev–Trinajstić information content (AvgIpc) is 2.72. The van der Waals surface area contributed by atoms with Gasteiger partial charge in [-0.15, -0.1) is 0 Å². The highest BCUT2D eigenvalue weighted by Gasteiger charge is 2.28. The molecule has 1 aromatic carbocycles. The van der Waals surface area contributed by atoms with Crippen LogP contribution >= 0.6 is 0 Å². The van der Waals surface area contributed by atoms with Crippen molar-refractivity contribution in [2.24, 2.45) is 5.92 Å². The monoisotopic (exact) mass is 414 g/mol. The highest BCUT2D eigenvalue weighted by molar-refractivity contribution is 5.83. The lowest BCUT2D eigenvalue weighted by Crippen LogP contribution is -2.45. The van der Waals surface area contributed by atoms with Crippen LogP contribution in [0.4, 0.5) is 0 Å². The fourth-order valence-electron chi connectivity index (χ4n) is 3.87. The van der Waals surface area contributed by atoms with E-state index in [2.05, 4.69) is 0 Å². The first-order chi connectivity index (χ1) is 14.3. The zero-order valence-electron chi connectivity index (χ0n) is 18.1. The van der Waals surface area contributed by atoms with Gasteiger partial charge in [0.15, 0.2) is 6.10 Å². The van der Waals surface area contributed by atoms with Gasteiger partial charge < -0.3 is 19.0 Å². The third-order valence-electron chi connectivity index (χ3n) is 5.73. The number of benzene rings is 1. The van der Waals surface area contributed by atoms with E-state index in [0.29, 0.717) is 36.8 Å². The number of amides is 2. The lowest BCUT2D eigenvalue weighted by atomic mass is 9.93. The molecule has 30 heavy (non-hydrogen) atoms. The van der Waals surface area contributed by atoms with Gasteiger partial charge in [-0.3, -0.25) is 9.59 Å². The first-order valence-electron chi connectivity index (χ1n) is 10.5. The molecule has 0 N–H and O–H groups in total. The highest BCUT2D eigenvalue weighted by atomic mass is 16.5. The SMILES string of the molecule is CCc1cc(=O)oc2cc(OC(C)C(=O)N3CCC(CC(=O)N(C)C)CC3)ccc12. The van der Waals surface area contributed by atoms with Gasteiger partial charge in [0, 0.05) is 51.1 Å². The number of carbonyl (C=O) groups excluding carboxylic acids is 2. The minimum atomic E-state index is -0.650. The minimum Gasteiger partial charge on any atom is -0.481 e. The molecule has 1 aliphatic heterocycles. The summed E-state index contributed by atoms with van der Waals surface area (Å²) in [6, 6.07) is 6.82. The van der Waals surface area contributed by atoms with Gasteiger partial charge in [-0.25, -0.2) is 4.79 Å². The molecule has 7 nitrogen and oxygen atoms in total. The summed E-state index contributed by atoms with van der Waals surface area (Å²) in [5, 5.41) is 0.873. The van der Waals surface area contributed by atoms with Crippen LogP contribution in [0.3, 0.4) is 0 Å². The summed E-state index contributed by atoms with van der Waals surface area (Å²) in [7, 11) is 3.53. The quantitative estimate of drug-likeness (QED) is 0.679. The summed E-state index contributed by atoms with van der Waals surface area (Å²) in [5.74, 6) is 0.865. The van der Waals surface area contributed by atoms with Crippen LogP contribution in [0.5, 0.6) is 5.75 Å². The molecule has 1 aliphatic rings. The maximum absolute atomic E-state index is 12.8. The van der Waals surface area contributed by atoms with Gasteiger partial charge in [-0.1, -0.05) is 6.92 Å². The Labute approximate surface area is 176 Å². The number of hydrogen-bond donors (Lipinski definition) is 0. The Morgan fingerprint density at radius 2 is 1.93 bits per heavy atom. The Morgan fingerprint density at radius 1 is 1.23 bits per heavy atom. The molecule has 1 atom stereocenters. The van der Waals surface area contributed by atoms with Crippen molar-refractivity contribution in [2.45, 2.75) is 45.6 Å². The first kappa shape index (κ1) is 21.9. The molecular formula is C23H30N2O5. The number of fused-ring (bicyclic) bond motifs is 1. The smallest absolute Gasteiger partial charge is 0.336 e. The number of ether oxygens (including phenoxy) is 1. The summed E-state index contributed by atoms with van der Waals surface area (Å²) >= 11 is 0. The van der Waals surface area contributed by atoms with Gasteiger partial charge in [-0.05, 0) is 49.8 Å². The van der Waals surface area contributed by atoms with Crippen molar-refractivity contribution < 1.29 is 18.7 Å². The van der Waals surface area contributed by atoms with E-state index in [9.17, 15) is 14.4 Å². The summed E-state index contributed by atoms with van der Waals surface area (Å²) in [6.45, 7) is 4.97. The van der Waals surface area contributed by atoms with E-state index < -0.39 is 11.7 Å². The highest BCUT2D eigenvalue weighted by Crippen LogP contribution is 2.25. The molecule has 2 heterocycles. The Morgan fingerprint density at radius 3 is 2.57 bits per heavy atom. The van der Waals surface area contributed by atoms with Crippen LogP contribution in [-0.2, 0) is 16.0 Å². The van der Waals surface area contributed by atoms with Gasteiger partial charge in [0.05, 0.1) is 0 Å². The zero-order valence-corrected chi connectivity index (χ0v) is 18.1. The van der Waals surface area contributed by atoms with Gasteiger partial charge in [0.1, 0.15) is 11.3 Å². The summed E-state index contributed by atoms with van der Waals surface area (Å²) < 4.78 is 11.2. The topological polar surface area (TPSA) is 80.1 Å². The van der Waals surface area contributed by atoms with Gasteiger partial charge in [0.2, 0.25) is 5.91 Å². The number of nitrogens with zero attached hydrogens (tertiary/aromatic N) is 2. The fourth-order valence-corrected chi connectivity index (χ4v) is 3.87. The second kappa shape index (κ2) is 9.32. The molecule has 0 aliphatic carbocycles. The molecule has 3 rings (SSSR count). The van der Waals surface area contributed by atoms with Crippen LogP contribution in [0.2, 0.25) is 0 Å². The number of carbonyl (C=O) groups is 2. The lowest BCUT2D eigenvalue weighted by molar-refractivity contribution is -0.139. The van der Waals surface area contributed by atoms with Gasteiger partial charge >= 0.3 is 5.63 Å². The van der Waals surface area contributed by atoms with Crippen molar-refractivity contribution in [2.75, 3.05) is 27.2 Å². The normalized spacial score (nSPS) is 15.8. The van der Waals surface area contributed by atoms with Crippen molar-refractivity contribution in [3.05, 3.63) is 40.2 Å². The van der Waals surface area contributed by atoms with Crippen LogP contribution in [0.15, 0.2) is 33.5 Å². The predicted molar refractivity (Wildman–Crippen MR) is 115 cm³/mol. The van der Waals surface area contributed by atoms with Crippen molar-refractivity contribution in [3.63, 3.8) is 0 Å². The van der Waals surface area contributed by atoms with Crippen molar-refractivity contribution in [1.82, 2.24) is 9.80 Å². The molecule has 0 saturated carbocycles. The first-order valence-corrected chi connectivity index (χ1v) is 10.5. The number of rotatable bonds is 6. The standard InChI is InChI=1S/C23H30N2O5/c1-5-17-13-22(27)30-20-14-18(6-7-19(17)20)29-15(2)23(28)25-10-8-16(9-11-25)12-21(26)24(3)4/h6-7,13-16H,5,8-12H2,1-4H3. The predicted octanol–water partition coefficient (Wildman–Crippen LogP) is 2.84. The van der Waals surface area contributed by atoms with E-state index in [1.165, 1.54) is 6.07 Å². The van der Waals surface area contributed by atoms with E-state index in [4.69, 9.17) is 9.15 Å². The molecule has 162 valence electrons. The largest absolute Gasteiger partial charge is 0.481 e. The summed E-state index contributed by atoms with van der Waals surface area (Å²) in [5.41, 5.74) is 0.992. The zero-order chi connectivity index (χ0) is 21.8. The third kappa shape index (κ3) is 5.01. The second-order valence-corrected chi connectivity index (χ2v) is 8.12. The Hall–Kier alpha value is -2.83. The van der Waals surface area contributed by atoms with Crippen molar-refractivity contribution >= 4 is 22.8 Å². The number of likely N-dealkylation sites (tertiary alicyclic amines) is 1. The van der Waals surface area contributed by atoms with Crippen molar-refractivity contribution in [1.29, 1.82) is 0 Å². The van der Waals surface area contributed by atoms with E-state index >= 15 is 0 Å². The number of hydrogen-bond acceptors (Lipinski definition) is 5. The molecule has 7 heteroatoms. The summed E-state index contributed by atoms with van der Waals surface area (Å²) in [4.78, 5) is 39.9. The molecule has 1 unspecified atom stereocenters. The maximum Gasteiger partial charge on any atom is 0.336 e. The van der Waals surface area contributed by atoms with Crippen LogP contribution in [0.25, 0.3) is 11.0 Å². The Balaban J connectivity index is 1.61. The molecule has 1 saturated heterocycles. The average molecular weight is 415 g/mol. The van der Waals surface area contributed by atoms with E-state index in [0.717, 1.165) is 30.2 Å². The minimum absolute atomic E-state index is 0.0729. The van der Waals surface area contributed by atoms with Crippen LogP contribution in [-0.4, -0.2) is 54.9 Å². The molecule has 1 aromatic heterocycles. The lowest BCUT2D eigenvalue weighted by Gasteiger charge is -2.33. The molecule has 0 radical (unpaired) electrons. The fraction of sp³-hybridized carbons (Fsp3) is 0.522. The van der Waals surface area contributed by atoms with Crippen LogP contribution in [0, 0.1) is 5.92 Å². The molecule has 0 bridgehead atoms. The molecule has 2 amide bonds. The van der Waals surface area contributed by atoms with Gasteiger partial charge in [-0.2, -0.15) is 0 Å². The second-order valence-electron chi connectivity index (χ2n) is 8.12. The Kier molecular flexibility index (Phi) is 6.80.